The maximum absolute atomic E-state index is 6.23. The summed E-state index contributed by atoms with van der Waals surface area (Å²) in [4.78, 5) is 1.34. The van der Waals surface area contributed by atoms with E-state index in [2.05, 4.69) is 87.6 Å². The summed E-state index contributed by atoms with van der Waals surface area (Å²) < 4.78 is 12.5. The highest BCUT2D eigenvalue weighted by Gasteiger charge is 2.51. The lowest BCUT2D eigenvalue weighted by atomic mass is 9.78. The molecule has 1 aliphatic carbocycles. The Morgan fingerprint density at radius 2 is 1.82 bits per heavy atom. The Morgan fingerprint density at radius 1 is 1.04 bits per heavy atom. The van der Waals surface area contributed by atoms with Gasteiger partial charge in [0.2, 0.25) is 0 Å². The van der Waals surface area contributed by atoms with Gasteiger partial charge in [0.05, 0.1) is 22.3 Å². The lowest BCUT2D eigenvalue weighted by Gasteiger charge is -2.32. The molecule has 2 atom stereocenters. The number of benzene rings is 2. The van der Waals surface area contributed by atoms with Crippen LogP contribution in [-0.2, 0) is 9.31 Å². The third-order valence-corrected chi connectivity index (χ3v) is 7.79. The molecule has 144 valence electrons. The van der Waals surface area contributed by atoms with E-state index in [0.29, 0.717) is 11.3 Å². The summed E-state index contributed by atoms with van der Waals surface area (Å²) in [6.07, 6.45) is 9.96. The van der Waals surface area contributed by atoms with Crippen LogP contribution in [0.1, 0.15) is 34.1 Å². The van der Waals surface area contributed by atoms with E-state index in [9.17, 15) is 0 Å². The van der Waals surface area contributed by atoms with Gasteiger partial charge in [0.25, 0.3) is 0 Å². The maximum Gasteiger partial charge on any atom is 0.494 e. The predicted molar refractivity (Wildman–Crippen MR) is 119 cm³/mol. The summed E-state index contributed by atoms with van der Waals surface area (Å²) in [5.41, 5.74) is 1.69. The molecule has 1 fully saturated rings. The summed E-state index contributed by atoms with van der Waals surface area (Å²) in [5, 5.41) is 6.66. The molecule has 2 unspecified atom stereocenters. The van der Waals surface area contributed by atoms with Gasteiger partial charge in [-0.25, -0.2) is 0 Å². The first-order valence-electron chi connectivity index (χ1n) is 10.0. The van der Waals surface area contributed by atoms with Crippen LogP contribution in [0.3, 0.4) is 0 Å². The molecule has 1 N–H and O–H groups in total. The third kappa shape index (κ3) is 2.92. The number of anilines is 1. The fourth-order valence-electron chi connectivity index (χ4n) is 4.03. The number of rotatable bonds is 2. The van der Waals surface area contributed by atoms with Gasteiger partial charge in [0, 0.05) is 16.2 Å². The minimum atomic E-state index is -0.322. The van der Waals surface area contributed by atoms with Crippen LogP contribution in [0.2, 0.25) is 0 Å². The normalized spacial score (nSPS) is 27.2. The number of hydrogen-bond donors (Lipinski definition) is 1. The Bertz CT molecular complexity index is 982. The molecule has 0 spiro atoms. The largest absolute Gasteiger partial charge is 0.494 e. The molecule has 28 heavy (non-hydrogen) atoms. The van der Waals surface area contributed by atoms with Crippen LogP contribution in [0.15, 0.2) is 59.5 Å². The second-order valence-electron chi connectivity index (χ2n) is 8.90. The van der Waals surface area contributed by atoms with Crippen LogP contribution in [0, 0.1) is 5.92 Å². The molecule has 0 saturated carbocycles. The molecule has 5 rings (SSSR count). The highest BCUT2D eigenvalue weighted by Crippen LogP contribution is 2.46. The van der Waals surface area contributed by atoms with E-state index in [4.69, 9.17) is 9.31 Å². The molecular weight excluding hydrogens is 365 g/mol. The van der Waals surface area contributed by atoms with Crippen molar-refractivity contribution in [2.45, 2.75) is 55.6 Å². The molecular formula is C23H26BNO2S. The van der Waals surface area contributed by atoms with Crippen LogP contribution in [-0.4, -0.2) is 23.7 Å². The summed E-state index contributed by atoms with van der Waals surface area (Å²) in [7, 11) is -0.322. The van der Waals surface area contributed by atoms with Gasteiger partial charge in [-0.3, -0.25) is 0 Å². The van der Waals surface area contributed by atoms with E-state index >= 15 is 0 Å². The Kier molecular flexibility index (Phi) is 4.20. The van der Waals surface area contributed by atoms with E-state index in [1.165, 1.54) is 21.4 Å². The van der Waals surface area contributed by atoms with E-state index in [1.807, 2.05) is 11.8 Å². The fraction of sp³-hybridized carbons (Fsp3) is 0.391. The maximum atomic E-state index is 6.23. The minimum absolute atomic E-state index is 0.321. The highest BCUT2D eigenvalue weighted by atomic mass is 32.2. The zero-order valence-corrected chi connectivity index (χ0v) is 17.7. The predicted octanol–water partition coefficient (Wildman–Crippen LogP) is 5.12. The van der Waals surface area contributed by atoms with Gasteiger partial charge in [0.1, 0.15) is 0 Å². The van der Waals surface area contributed by atoms with Crippen molar-refractivity contribution in [3.05, 3.63) is 54.6 Å². The molecule has 2 aromatic rings. The van der Waals surface area contributed by atoms with Crippen LogP contribution < -0.4 is 10.8 Å². The zero-order valence-electron chi connectivity index (χ0n) is 16.9. The number of nitrogens with one attached hydrogen (secondary N) is 1. The van der Waals surface area contributed by atoms with E-state index in [0.717, 1.165) is 11.9 Å². The molecule has 3 nitrogen and oxygen atoms in total. The molecule has 5 heteroatoms. The van der Waals surface area contributed by atoms with Gasteiger partial charge < -0.3 is 14.6 Å². The summed E-state index contributed by atoms with van der Waals surface area (Å²) >= 11 is 1.94. The molecule has 2 heterocycles. The quantitative estimate of drug-likeness (QED) is 0.721. The Hall–Kier alpha value is -1.69. The zero-order chi connectivity index (χ0) is 19.5. The lowest BCUT2D eigenvalue weighted by molar-refractivity contribution is 0.00578. The first-order chi connectivity index (χ1) is 13.3. The molecule has 0 aromatic heterocycles. The smallest absolute Gasteiger partial charge is 0.399 e. The second-order valence-corrected chi connectivity index (χ2v) is 10.1. The SMILES string of the molecule is CC1(C)OB(c2ccc3c4c(ccc3c2)SC(C2C=CC=CC2)N4)OC1(C)C. The van der Waals surface area contributed by atoms with E-state index < -0.39 is 0 Å². The van der Waals surface area contributed by atoms with Crippen molar-refractivity contribution in [1.29, 1.82) is 0 Å². The standard InChI is InChI=1S/C23H26BNO2S/c1-22(2)23(3,4)27-24(26-22)17-11-12-18-16(14-17)10-13-19-20(18)25-21(28-19)15-8-6-5-7-9-15/h5-8,10-15,21,25H,9H2,1-4H3. The van der Waals surface area contributed by atoms with Gasteiger partial charge in [-0.15, -0.1) is 0 Å². The van der Waals surface area contributed by atoms with Crippen molar-refractivity contribution in [1.82, 2.24) is 0 Å². The Balaban J connectivity index is 1.44. The summed E-state index contributed by atoms with van der Waals surface area (Å²) in [5.74, 6) is 0.529. The van der Waals surface area contributed by atoms with Gasteiger partial charge in [0.15, 0.2) is 0 Å². The van der Waals surface area contributed by atoms with Gasteiger partial charge in [-0.05, 0) is 51.0 Å². The molecule has 0 bridgehead atoms. The Labute approximate surface area is 171 Å². The van der Waals surface area contributed by atoms with Crippen molar-refractivity contribution >= 4 is 40.8 Å². The number of fused-ring (bicyclic) bond motifs is 3. The fourth-order valence-corrected chi connectivity index (χ4v) is 5.29. The van der Waals surface area contributed by atoms with Crippen molar-refractivity contribution in [2.24, 2.45) is 5.92 Å². The summed E-state index contributed by atoms with van der Waals surface area (Å²) in [6, 6.07) is 11.0. The van der Waals surface area contributed by atoms with Crippen molar-refractivity contribution in [2.75, 3.05) is 5.32 Å². The van der Waals surface area contributed by atoms with Crippen molar-refractivity contribution < 1.29 is 9.31 Å². The van der Waals surface area contributed by atoms with Gasteiger partial charge >= 0.3 is 7.12 Å². The molecule has 3 aliphatic rings. The highest BCUT2D eigenvalue weighted by molar-refractivity contribution is 8.00. The number of thioether (sulfide) groups is 1. The van der Waals surface area contributed by atoms with Crippen LogP contribution in [0.25, 0.3) is 10.8 Å². The van der Waals surface area contributed by atoms with Gasteiger partial charge in [-0.2, -0.15) is 0 Å². The first kappa shape index (κ1) is 18.4. The molecule has 0 radical (unpaired) electrons. The average molecular weight is 391 g/mol. The monoisotopic (exact) mass is 391 g/mol. The molecule has 1 saturated heterocycles. The van der Waals surface area contributed by atoms with E-state index in [1.54, 1.807) is 0 Å². The second kappa shape index (κ2) is 6.41. The van der Waals surface area contributed by atoms with E-state index in [-0.39, 0.29) is 18.3 Å². The van der Waals surface area contributed by atoms with Crippen LogP contribution in [0.5, 0.6) is 0 Å². The average Bonchev–Trinajstić information content (AvgIpc) is 3.20. The third-order valence-electron chi connectivity index (χ3n) is 6.47. The topological polar surface area (TPSA) is 30.5 Å². The number of allylic oxidation sites excluding steroid dienone is 3. The first-order valence-corrected chi connectivity index (χ1v) is 10.9. The van der Waals surface area contributed by atoms with Crippen LogP contribution >= 0.6 is 11.8 Å². The molecule has 0 amide bonds. The minimum Gasteiger partial charge on any atom is -0.399 e. The lowest BCUT2D eigenvalue weighted by Crippen LogP contribution is -2.41. The van der Waals surface area contributed by atoms with Crippen molar-refractivity contribution in [3.8, 4) is 0 Å². The summed E-state index contributed by atoms with van der Waals surface area (Å²) in [6.45, 7) is 8.38. The molecule has 2 aromatic carbocycles. The number of hydrogen-bond acceptors (Lipinski definition) is 4. The van der Waals surface area contributed by atoms with Gasteiger partial charge in [-0.1, -0.05) is 60.3 Å². The van der Waals surface area contributed by atoms with Crippen molar-refractivity contribution in [3.63, 3.8) is 0 Å². The van der Waals surface area contributed by atoms with Crippen LogP contribution in [0.4, 0.5) is 5.69 Å². The molecule has 2 aliphatic heterocycles. The Morgan fingerprint density at radius 3 is 2.54 bits per heavy atom.